The molecule has 1 heterocycles. The smallest absolute Gasteiger partial charge is 0.244 e. The van der Waals surface area contributed by atoms with Crippen LogP contribution in [-0.2, 0) is 32.6 Å². The van der Waals surface area contributed by atoms with Gasteiger partial charge in [0, 0.05) is 31.2 Å². The Labute approximate surface area is 205 Å². The van der Waals surface area contributed by atoms with Crippen molar-refractivity contribution >= 4 is 44.8 Å². The van der Waals surface area contributed by atoms with Gasteiger partial charge < -0.3 is 10.1 Å². The van der Waals surface area contributed by atoms with Gasteiger partial charge in [-0.1, -0.05) is 54.4 Å². The second kappa shape index (κ2) is 11.5. The molecular formula is C23H29Cl2N3O4S. The number of halogens is 2. The van der Waals surface area contributed by atoms with Crippen LogP contribution in [0.1, 0.15) is 24.5 Å². The van der Waals surface area contributed by atoms with E-state index in [9.17, 15) is 13.2 Å². The number of nitrogens with one attached hydrogen (secondary N) is 1. The number of anilines is 1. The molecule has 0 unspecified atom stereocenters. The van der Waals surface area contributed by atoms with Crippen molar-refractivity contribution in [3.63, 3.8) is 0 Å². The van der Waals surface area contributed by atoms with Crippen LogP contribution in [0.25, 0.3) is 0 Å². The summed E-state index contributed by atoms with van der Waals surface area (Å²) in [6, 6.07) is 11.6. The molecule has 0 saturated carbocycles. The maximum absolute atomic E-state index is 13.1. The molecule has 1 aliphatic heterocycles. The Kier molecular flexibility index (Phi) is 9.01. The standard InChI is InChI=1S/C23H29Cl2N3O4S/c1-3-21(28(33(2,30)31)22-14-19(24)7-8-20(22)25)23(29)26-15-17-5-4-6-18(13-17)16-27-9-11-32-12-10-27/h4-8,13-14,21H,3,9-12,15-16H2,1-2H3,(H,26,29)/t21-/m0/s1. The van der Waals surface area contributed by atoms with Crippen molar-refractivity contribution in [2.75, 3.05) is 36.9 Å². The quantitative estimate of drug-likeness (QED) is 0.553. The fourth-order valence-corrected chi connectivity index (χ4v) is 5.49. The first-order valence-corrected chi connectivity index (χ1v) is 13.4. The van der Waals surface area contributed by atoms with Gasteiger partial charge in [0.15, 0.2) is 0 Å². The molecule has 1 fully saturated rings. The summed E-state index contributed by atoms with van der Waals surface area (Å²) in [4.78, 5) is 15.4. The third-order valence-electron chi connectivity index (χ3n) is 5.44. The number of rotatable bonds is 9. The van der Waals surface area contributed by atoms with E-state index in [1.165, 1.54) is 12.1 Å². The summed E-state index contributed by atoms with van der Waals surface area (Å²) in [6.45, 7) is 6.12. The lowest BCUT2D eigenvalue weighted by atomic mass is 10.1. The van der Waals surface area contributed by atoms with Gasteiger partial charge in [0.25, 0.3) is 0 Å². The number of benzene rings is 2. The van der Waals surface area contributed by atoms with Crippen LogP contribution in [0.3, 0.4) is 0 Å². The van der Waals surface area contributed by atoms with E-state index in [0.29, 0.717) is 5.02 Å². The SMILES string of the molecule is CC[C@@H](C(=O)NCc1cccc(CN2CCOCC2)c1)N(c1cc(Cl)ccc1Cl)S(C)(=O)=O. The van der Waals surface area contributed by atoms with Crippen molar-refractivity contribution in [1.82, 2.24) is 10.2 Å². The average Bonchev–Trinajstić information content (AvgIpc) is 2.78. The third kappa shape index (κ3) is 7.07. The second-order valence-electron chi connectivity index (χ2n) is 8.00. The van der Waals surface area contributed by atoms with Crippen LogP contribution in [0.4, 0.5) is 5.69 Å². The van der Waals surface area contributed by atoms with Gasteiger partial charge in [-0.25, -0.2) is 8.42 Å². The summed E-state index contributed by atoms with van der Waals surface area (Å²) >= 11 is 12.3. The lowest BCUT2D eigenvalue weighted by Gasteiger charge is -2.31. The minimum atomic E-state index is -3.81. The maximum Gasteiger partial charge on any atom is 0.244 e. The Morgan fingerprint density at radius 1 is 1.15 bits per heavy atom. The van der Waals surface area contributed by atoms with Gasteiger partial charge in [-0.2, -0.15) is 0 Å². The molecule has 3 rings (SSSR count). The number of hydrogen-bond donors (Lipinski definition) is 1. The number of nitrogens with zero attached hydrogens (tertiary/aromatic N) is 2. The van der Waals surface area contributed by atoms with E-state index in [-0.39, 0.29) is 23.7 Å². The molecule has 10 heteroatoms. The number of hydrogen-bond acceptors (Lipinski definition) is 5. The first kappa shape index (κ1) is 25.8. The summed E-state index contributed by atoms with van der Waals surface area (Å²) in [6.07, 6.45) is 1.31. The second-order valence-corrected chi connectivity index (χ2v) is 10.7. The largest absolute Gasteiger partial charge is 0.379 e. The zero-order valence-corrected chi connectivity index (χ0v) is 21.1. The monoisotopic (exact) mass is 513 g/mol. The van der Waals surface area contributed by atoms with Crippen LogP contribution in [0.2, 0.25) is 10.0 Å². The first-order valence-electron chi connectivity index (χ1n) is 10.8. The lowest BCUT2D eigenvalue weighted by molar-refractivity contribution is -0.122. The Hall–Kier alpha value is -1.84. The predicted molar refractivity (Wildman–Crippen MR) is 132 cm³/mol. The van der Waals surface area contributed by atoms with Gasteiger partial charge in [0.2, 0.25) is 15.9 Å². The highest BCUT2D eigenvalue weighted by molar-refractivity contribution is 7.92. The van der Waals surface area contributed by atoms with E-state index in [1.807, 2.05) is 12.1 Å². The molecule has 0 spiro atoms. The van der Waals surface area contributed by atoms with Gasteiger partial charge in [0.1, 0.15) is 6.04 Å². The fourth-order valence-electron chi connectivity index (χ4n) is 3.85. The molecule has 0 radical (unpaired) electrons. The number of amides is 1. The highest BCUT2D eigenvalue weighted by Crippen LogP contribution is 2.33. The van der Waals surface area contributed by atoms with Crippen molar-refractivity contribution in [1.29, 1.82) is 0 Å². The maximum atomic E-state index is 13.1. The fraction of sp³-hybridized carbons (Fsp3) is 0.435. The van der Waals surface area contributed by atoms with Crippen molar-refractivity contribution < 1.29 is 17.9 Å². The highest BCUT2D eigenvalue weighted by atomic mass is 35.5. The van der Waals surface area contributed by atoms with E-state index in [1.54, 1.807) is 13.0 Å². The molecule has 7 nitrogen and oxygen atoms in total. The summed E-state index contributed by atoms with van der Waals surface area (Å²) < 4.78 is 31.7. The van der Waals surface area contributed by atoms with Gasteiger partial charge in [0.05, 0.1) is 30.2 Å². The number of morpholine rings is 1. The minimum absolute atomic E-state index is 0.182. The van der Waals surface area contributed by atoms with E-state index in [0.717, 1.165) is 54.5 Å². The van der Waals surface area contributed by atoms with Gasteiger partial charge >= 0.3 is 0 Å². The molecule has 1 aliphatic rings. The third-order valence-corrected chi connectivity index (χ3v) is 7.16. The molecule has 180 valence electrons. The zero-order valence-electron chi connectivity index (χ0n) is 18.8. The Balaban J connectivity index is 1.73. The molecule has 1 N–H and O–H groups in total. The van der Waals surface area contributed by atoms with E-state index < -0.39 is 22.0 Å². The van der Waals surface area contributed by atoms with E-state index >= 15 is 0 Å². The number of carbonyl (C=O) groups excluding carboxylic acids is 1. The molecule has 0 bridgehead atoms. The Bertz CT molecular complexity index is 1080. The predicted octanol–water partition coefficient (Wildman–Crippen LogP) is 3.69. The number of sulfonamides is 1. The summed E-state index contributed by atoms with van der Waals surface area (Å²) in [5.41, 5.74) is 2.27. The van der Waals surface area contributed by atoms with Crippen molar-refractivity contribution in [2.24, 2.45) is 0 Å². The van der Waals surface area contributed by atoms with Crippen LogP contribution in [0.15, 0.2) is 42.5 Å². The molecule has 2 aromatic carbocycles. The molecule has 0 aliphatic carbocycles. The van der Waals surface area contributed by atoms with Crippen molar-refractivity contribution in [3.8, 4) is 0 Å². The zero-order chi connectivity index (χ0) is 24.0. The van der Waals surface area contributed by atoms with Crippen molar-refractivity contribution in [3.05, 3.63) is 63.6 Å². The average molecular weight is 514 g/mol. The molecule has 1 amide bonds. The normalized spacial score (nSPS) is 15.8. The van der Waals surface area contributed by atoms with Crippen LogP contribution >= 0.6 is 23.2 Å². The Morgan fingerprint density at radius 3 is 2.52 bits per heavy atom. The molecule has 33 heavy (non-hydrogen) atoms. The number of ether oxygens (including phenoxy) is 1. The van der Waals surface area contributed by atoms with Crippen LogP contribution in [-0.4, -0.2) is 57.8 Å². The molecule has 1 atom stereocenters. The lowest BCUT2D eigenvalue weighted by Crippen LogP contribution is -2.49. The first-order chi connectivity index (χ1) is 15.7. The minimum Gasteiger partial charge on any atom is -0.379 e. The summed E-state index contributed by atoms with van der Waals surface area (Å²) in [7, 11) is -3.81. The topological polar surface area (TPSA) is 79.0 Å². The van der Waals surface area contributed by atoms with Gasteiger partial charge in [-0.05, 0) is 35.7 Å². The van der Waals surface area contributed by atoms with E-state index in [2.05, 4.69) is 22.3 Å². The molecular weight excluding hydrogens is 485 g/mol. The van der Waals surface area contributed by atoms with Crippen LogP contribution in [0.5, 0.6) is 0 Å². The molecule has 2 aromatic rings. The Morgan fingerprint density at radius 2 is 1.85 bits per heavy atom. The molecule has 0 aromatic heterocycles. The van der Waals surface area contributed by atoms with E-state index in [4.69, 9.17) is 27.9 Å². The number of carbonyl (C=O) groups is 1. The summed E-state index contributed by atoms with van der Waals surface area (Å²) in [5, 5.41) is 3.41. The van der Waals surface area contributed by atoms with Gasteiger partial charge in [-0.3, -0.25) is 14.0 Å². The van der Waals surface area contributed by atoms with Crippen LogP contribution < -0.4 is 9.62 Å². The molecule has 1 saturated heterocycles. The van der Waals surface area contributed by atoms with Crippen LogP contribution in [0, 0.1) is 0 Å². The summed E-state index contributed by atoms with van der Waals surface area (Å²) in [5.74, 6) is -0.405. The highest BCUT2D eigenvalue weighted by Gasteiger charge is 2.32. The van der Waals surface area contributed by atoms with Crippen molar-refractivity contribution in [2.45, 2.75) is 32.5 Å². The van der Waals surface area contributed by atoms with Gasteiger partial charge in [-0.15, -0.1) is 0 Å².